The summed E-state index contributed by atoms with van der Waals surface area (Å²) in [5.74, 6) is -0.442. The minimum atomic E-state index is -0.530. The summed E-state index contributed by atoms with van der Waals surface area (Å²) in [6.07, 6.45) is 1.32. The highest BCUT2D eigenvalue weighted by Gasteiger charge is 2.06. The maximum Gasteiger partial charge on any atom is 0.365 e. The van der Waals surface area contributed by atoms with Gasteiger partial charge in [-0.3, -0.25) is 0 Å². The Morgan fingerprint density at radius 3 is 2.65 bits per heavy atom. The third-order valence-electron chi connectivity index (χ3n) is 2.76. The molecule has 0 bridgehead atoms. The topological polar surface area (TPSA) is 58.9 Å². The van der Waals surface area contributed by atoms with Crippen molar-refractivity contribution in [3.8, 4) is 5.75 Å². The molecule has 0 unspecified atom stereocenters. The van der Waals surface area contributed by atoms with E-state index in [9.17, 15) is 9.90 Å². The molecule has 1 N–H and O–H groups in total. The summed E-state index contributed by atoms with van der Waals surface area (Å²) in [5.41, 5.74) is 2.90. The normalized spacial score (nSPS) is 10.7. The van der Waals surface area contributed by atoms with Gasteiger partial charge in [-0.05, 0) is 38.1 Å². The van der Waals surface area contributed by atoms with Crippen LogP contribution in [0.4, 0.5) is 0 Å². The summed E-state index contributed by atoms with van der Waals surface area (Å²) in [6, 6.07) is 12.2. The molecule has 0 fully saturated rings. The largest absolute Gasteiger partial charge is 0.507 e. The van der Waals surface area contributed by atoms with Crippen LogP contribution in [0.5, 0.6) is 5.75 Å². The quantitative estimate of drug-likeness (QED) is 0.529. The fraction of sp³-hybridized carbons (Fsp3) is 0.125. The van der Waals surface area contributed by atoms with E-state index in [4.69, 9.17) is 4.84 Å². The summed E-state index contributed by atoms with van der Waals surface area (Å²) in [7, 11) is 0. The van der Waals surface area contributed by atoms with Gasteiger partial charge in [0.1, 0.15) is 5.75 Å². The predicted molar refractivity (Wildman–Crippen MR) is 77.0 cm³/mol. The first-order valence-electron chi connectivity index (χ1n) is 6.17. The first-order valence-corrected chi connectivity index (χ1v) is 6.17. The highest BCUT2D eigenvalue weighted by atomic mass is 16.7. The molecule has 102 valence electrons. The Labute approximate surface area is 117 Å². The summed E-state index contributed by atoms with van der Waals surface area (Å²) in [4.78, 5) is 16.5. The molecule has 0 aliphatic heterocycles. The second-order valence-electron chi connectivity index (χ2n) is 4.55. The van der Waals surface area contributed by atoms with Gasteiger partial charge in [-0.25, -0.2) is 4.79 Å². The first-order chi connectivity index (χ1) is 9.56. The molecule has 0 amide bonds. The molecule has 20 heavy (non-hydrogen) atoms. The zero-order chi connectivity index (χ0) is 14.5. The van der Waals surface area contributed by atoms with Crippen LogP contribution in [0.3, 0.4) is 0 Å². The van der Waals surface area contributed by atoms with Crippen LogP contribution in [-0.2, 0) is 4.84 Å². The summed E-state index contributed by atoms with van der Waals surface area (Å²) in [5, 5.41) is 13.2. The maximum absolute atomic E-state index is 11.7. The molecule has 0 aliphatic rings. The van der Waals surface area contributed by atoms with E-state index < -0.39 is 5.97 Å². The second-order valence-corrected chi connectivity index (χ2v) is 4.55. The van der Waals surface area contributed by atoms with Crippen molar-refractivity contribution in [3.63, 3.8) is 0 Å². The van der Waals surface area contributed by atoms with Crippen molar-refractivity contribution in [1.82, 2.24) is 0 Å². The summed E-state index contributed by atoms with van der Waals surface area (Å²) in [6.45, 7) is 3.79. The number of aryl methyl sites for hydroxylation is 2. The van der Waals surface area contributed by atoms with E-state index in [0.717, 1.165) is 11.1 Å². The van der Waals surface area contributed by atoms with Gasteiger partial charge < -0.3 is 9.94 Å². The lowest BCUT2D eigenvalue weighted by Gasteiger charge is -2.01. The smallest absolute Gasteiger partial charge is 0.365 e. The highest BCUT2D eigenvalue weighted by molar-refractivity contribution is 5.90. The van der Waals surface area contributed by atoms with E-state index in [-0.39, 0.29) is 5.75 Å². The number of oxime groups is 1. The molecule has 2 aromatic rings. The van der Waals surface area contributed by atoms with Crippen molar-refractivity contribution in [3.05, 3.63) is 64.7 Å². The molecule has 4 nitrogen and oxygen atoms in total. The van der Waals surface area contributed by atoms with Crippen LogP contribution >= 0.6 is 0 Å². The van der Waals surface area contributed by atoms with Crippen molar-refractivity contribution >= 4 is 12.2 Å². The maximum atomic E-state index is 11.7. The third-order valence-corrected chi connectivity index (χ3v) is 2.76. The third kappa shape index (κ3) is 3.45. The molecule has 0 saturated carbocycles. The van der Waals surface area contributed by atoms with Crippen LogP contribution in [0.15, 0.2) is 47.6 Å². The Morgan fingerprint density at radius 2 is 1.90 bits per heavy atom. The molecule has 0 atom stereocenters. The first kappa shape index (κ1) is 13.8. The monoisotopic (exact) mass is 269 g/mol. The average Bonchev–Trinajstić information content (AvgIpc) is 2.42. The molecular formula is C16H15NO3. The molecular weight excluding hydrogens is 254 g/mol. The number of phenolic OH excluding ortho intramolecular Hbond substituents is 1. The number of rotatable bonds is 3. The molecule has 2 aromatic carbocycles. The fourth-order valence-electron chi connectivity index (χ4n) is 1.73. The molecule has 4 heteroatoms. The van der Waals surface area contributed by atoms with Crippen molar-refractivity contribution in [2.75, 3.05) is 0 Å². The predicted octanol–water partition coefficient (Wildman–Crippen LogP) is 3.20. The highest BCUT2D eigenvalue weighted by Crippen LogP contribution is 2.16. The van der Waals surface area contributed by atoms with Gasteiger partial charge in [0.25, 0.3) is 0 Å². The van der Waals surface area contributed by atoms with Gasteiger partial charge in [-0.2, -0.15) is 0 Å². The van der Waals surface area contributed by atoms with Crippen LogP contribution < -0.4 is 0 Å². The molecule has 0 heterocycles. The van der Waals surface area contributed by atoms with Gasteiger partial charge in [0.15, 0.2) is 0 Å². The molecule has 0 aromatic heterocycles. The number of nitrogens with zero attached hydrogens (tertiary/aromatic N) is 1. The molecule has 0 radical (unpaired) electrons. The Hall–Kier alpha value is -2.62. The number of phenols is 1. The number of hydrogen-bond donors (Lipinski definition) is 1. The standard InChI is InChI=1S/C16H15NO3/c1-11-4-3-5-13(8-11)16(19)20-17-10-14-9-12(2)6-7-15(14)18/h3-10,18H,1-2H3/b17-10+. The van der Waals surface area contributed by atoms with Crippen LogP contribution in [0.2, 0.25) is 0 Å². The van der Waals surface area contributed by atoms with Crippen LogP contribution in [0.25, 0.3) is 0 Å². The Bertz CT molecular complexity index is 663. The van der Waals surface area contributed by atoms with E-state index in [1.807, 2.05) is 19.9 Å². The van der Waals surface area contributed by atoms with E-state index in [0.29, 0.717) is 11.1 Å². The fourth-order valence-corrected chi connectivity index (χ4v) is 1.73. The lowest BCUT2D eigenvalue weighted by molar-refractivity contribution is 0.0519. The lowest BCUT2D eigenvalue weighted by Crippen LogP contribution is -2.01. The average molecular weight is 269 g/mol. The minimum absolute atomic E-state index is 0.0888. The Kier molecular flexibility index (Phi) is 4.15. The van der Waals surface area contributed by atoms with Crippen molar-refractivity contribution in [2.24, 2.45) is 5.16 Å². The molecule has 2 rings (SSSR count). The van der Waals surface area contributed by atoms with Crippen molar-refractivity contribution in [1.29, 1.82) is 0 Å². The van der Waals surface area contributed by atoms with Crippen LogP contribution in [-0.4, -0.2) is 17.3 Å². The number of benzene rings is 2. The zero-order valence-corrected chi connectivity index (χ0v) is 11.3. The number of hydrogen-bond acceptors (Lipinski definition) is 4. The van der Waals surface area contributed by atoms with Crippen molar-refractivity contribution in [2.45, 2.75) is 13.8 Å². The summed E-state index contributed by atoms with van der Waals surface area (Å²) < 4.78 is 0. The van der Waals surface area contributed by atoms with Crippen molar-refractivity contribution < 1.29 is 14.7 Å². The van der Waals surface area contributed by atoms with E-state index in [2.05, 4.69) is 5.16 Å². The van der Waals surface area contributed by atoms with Gasteiger partial charge in [-0.15, -0.1) is 0 Å². The Balaban J connectivity index is 2.06. The SMILES string of the molecule is Cc1cccc(C(=O)O/N=C/c2cc(C)ccc2O)c1. The number of carbonyl (C=O) groups excluding carboxylic acids is 1. The van der Waals surface area contributed by atoms with Gasteiger partial charge in [0.2, 0.25) is 0 Å². The molecule has 0 saturated heterocycles. The Morgan fingerprint density at radius 1 is 1.15 bits per heavy atom. The van der Waals surface area contributed by atoms with E-state index in [1.165, 1.54) is 6.21 Å². The van der Waals surface area contributed by atoms with Gasteiger partial charge in [0.05, 0.1) is 11.8 Å². The van der Waals surface area contributed by atoms with Gasteiger partial charge in [-0.1, -0.05) is 34.5 Å². The second kappa shape index (κ2) is 6.02. The van der Waals surface area contributed by atoms with E-state index in [1.54, 1.807) is 36.4 Å². The van der Waals surface area contributed by atoms with Gasteiger partial charge >= 0.3 is 5.97 Å². The number of aromatic hydroxyl groups is 1. The zero-order valence-electron chi connectivity index (χ0n) is 11.3. The van der Waals surface area contributed by atoms with E-state index >= 15 is 0 Å². The molecule has 0 aliphatic carbocycles. The van der Waals surface area contributed by atoms with Gasteiger partial charge in [0, 0.05) is 5.56 Å². The molecule has 0 spiro atoms. The lowest BCUT2D eigenvalue weighted by atomic mass is 10.1. The number of carbonyl (C=O) groups is 1. The van der Waals surface area contributed by atoms with Crippen LogP contribution in [0.1, 0.15) is 27.0 Å². The van der Waals surface area contributed by atoms with Crippen LogP contribution in [0, 0.1) is 13.8 Å². The minimum Gasteiger partial charge on any atom is -0.507 e. The summed E-state index contributed by atoms with van der Waals surface area (Å²) >= 11 is 0.